The molecule has 1 heterocycles. The molecular weight excluding hydrogens is 384 g/mol. The number of amides is 2. The summed E-state index contributed by atoms with van der Waals surface area (Å²) in [6.45, 7) is 14.0. The Labute approximate surface area is 180 Å². The summed E-state index contributed by atoms with van der Waals surface area (Å²) in [4.78, 5) is 40.8. The number of esters is 1. The maximum Gasteiger partial charge on any atom is 0.310 e. The number of nitrogens with zero attached hydrogens (tertiary/aromatic N) is 1. The zero-order valence-electron chi connectivity index (χ0n) is 19.4. The van der Waals surface area contributed by atoms with Crippen molar-refractivity contribution in [2.24, 2.45) is 29.1 Å². The smallest absolute Gasteiger partial charge is 0.310 e. The second kappa shape index (κ2) is 9.08. The van der Waals surface area contributed by atoms with Gasteiger partial charge in [0.1, 0.15) is 6.04 Å². The Morgan fingerprint density at radius 1 is 1.20 bits per heavy atom. The van der Waals surface area contributed by atoms with Gasteiger partial charge >= 0.3 is 5.97 Å². The molecule has 0 spiro atoms. The number of hydrogen-bond acceptors (Lipinski definition) is 5. The molecule has 2 amide bonds. The van der Waals surface area contributed by atoms with Gasteiger partial charge in [-0.2, -0.15) is 0 Å². The van der Waals surface area contributed by atoms with Crippen molar-refractivity contribution in [3.05, 3.63) is 12.2 Å². The molecule has 1 aliphatic carbocycles. The standard InChI is InChI=1S/C23H38N2O5/c1-8-30-21(29)16-14(2)9-10-15-17(16)20(28)25(11-12-26)18(15)19(27)24-23(6,7)13-22(3,4)5/h9-10,14-18,26H,8,11-13H2,1-7H3,(H,24,27)/t14-,15+,16-,17-,18+/m1/s1. The monoisotopic (exact) mass is 422 g/mol. The molecule has 0 aromatic rings. The van der Waals surface area contributed by atoms with Crippen molar-refractivity contribution >= 4 is 17.8 Å². The summed E-state index contributed by atoms with van der Waals surface area (Å²) in [5, 5.41) is 12.7. The highest BCUT2D eigenvalue weighted by Crippen LogP contribution is 2.44. The topological polar surface area (TPSA) is 95.9 Å². The molecule has 1 aliphatic heterocycles. The number of fused-ring (bicyclic) bond motifs is 1. The van der Waals surface area contributed by atoms with Crippen LogP contribution in [0.15, 0.2) is 12.2 Å². The van der Waals surface area contributed by atoms with Gasteiger partial charge < -0.3 is 20.1 Å². The van der Waals surface area contributed by atoms with Crippen LogP contribution in [0.5, 0.6) is 0 Å². The number of carbonyl (C=O) groups excluding carboxylic acids is 3. The Morgan fingerprint density at radius 3 is 2.37 bits per heavy atom. The molecule has 5 atom stereocenters. The van der Waals surface area contributed by atoms with Gasteiger partial charge in [0.15, 0.2) is 0 Å². The van der Waals surface area contributed by atoms with Crippen LogP contribution >= 0.6 is 0 Å². The van der Waals surface area contributed by atoms with E-state index in [2.05, 4.69) is 26.1 Å². The first-order valence-electron chi connectivity index (χ1n) is 10.9. The fraction of sp³-hybridized carbons (Fsp3) is 0.783. The quantitative estimate of drug-likeness (QED) is 0.484. The Kier molecular flexibility index (Phi) is 7.38. The highest BCUT2D eigenvalue weighted by Gasteiger charge is 2.57. The largest absolute Gasteiger partial charge is 0.466 e. The van der Waals surface area contributed by atoms with Crippen LogP contribution in [-0.2, 0) is 19.1 Å². The summed E-state index contributed by atoms with van der Waals surface area (Å²) >= 11 is 0. The highest BCUT2D eigenvalue weighted by molar-refractivity contribution is 5.96. The lowest BCUT2D eigenvalue weighted by molar-refractivity contribution is -0.155. The number of allylic oxidation sites excluding steroid dienone is 1. The number of β-amino-alcohol motifs (C(OH)–C–C–N with tert-alkyl or cyclic N) is 1. The van der Waals surface area contributed by atoms with Crippen LogP contribution in [0.3, 0.4) is 0 Å². The number of aliphatic hydroxyl groups excluding tert-OH is 1. The van der Waals surface area contributed by atoms with Gasteiger partial charge in [-0.05, 0) is 38.5 Å². The molecule has 2 rings (SSSR count). The van der Waals surface area contributed by atoms with E-state index in [1.807, 2.05) is 32.9 Å². The molecule has 0 radical (unpaired) electrons. The van der Waals surface area contributed by atoms with Gasteiger partial charge in [-0.3, -0.25) is 14.4 Å². The van der Waals surface area contributed by atoms with Gasteiger partial charge in [0.2, 0.25) is 11.8 Å². The summed E-state index contributed by atoms with van der Waals surface area (Å²) in [5.41, 5.74) is -0.446. The van der Waals surface area contributed by atoms with Crippen molar-refractivity contribution in [3.63, 3.8) is 0 Å². The van der Waals surface area contributed by atoms with Crippen LogP contribution in [0.25, 0.3) is 0 Å². The first kappa shape index (κ1) is 24.4. The van der Waals surface area contributed by atoms with E-state index in [0.29, 0.717) is 0 Å². The van der Waals surface area contributed by atoms with E-state index >= 15 is 0 Å². The third-order valence-corrected chi connectivity index (χ3v) is 5.88. The van der Waals surface area contributed by atoms with Crippen molar-refractivity contribution in [2.75, 3.05) is 19.8 Å². The molecule has 0 unspecified atom stereocenters. The van der Waals surface area contributed by atoms with E-state index in [9.17, 15) is 19.5 Å². The Bertz CT molecular complexity index is 694. The minimum Gasteiger partial charge on any atom is -0.466 e. The number of aliphatic hydroxyl groups is 1. The molecule has 0 aromatic heterocycles. The van der Waals surface area contributed by atoms with Gasteiger partial charge in [-0.25, -0.2) is 0 Å². The molecule has 2 aliphatic rings. The first-order valence-corrected chi connectivity index (χ1v) is 10.9. The maximum atomic E-state index is 13.4. The van der Waals surface area contributed by atoms with E-state index in [0.717, 1.165) is 6.42 Å². The molecule has 30 heavy (non-hydrogen) atoms. The second-order valence-corrected chi connectivity index (χ2v) is 10.4. The lowest BCUT2D eigenvalue weighted by atomic mass is 9.70. The summed E-state index contributed by atoms with van der Waals surface area (Å²) in [5.74, 6) is -2.80. The molecule has 0 aromatic carbocycles. The molecule has 2 N–H and O–H groups in total. The SMILES string of the molecule is CCOC(=O)[C@H]1[C@@H]2C(=O)N(CCO)[C@H](C(=O)NC(C)(C)CC(C)(C)C)[C@H]2C=C[C@H]1C. The predicted molar refractivity (Wildman–Crippen MR) is 114 cm³/mol. The Hall–Kier alpha value is -1.89. The van der Waals surface area contributed by atoms with Gasteiger partial charge in [-0.1, -0.05) is 39.8 Å². The summed E-state index contributed by atoms with van der Waals surface area (Å²) in [7, 11) is 0. The van der Waals surface area contributed by atoms with Gasteiger partial charge in [0.25, 0.3) is 0 Å². The van der Waals surface area contributed by atoms with E-state index in [1.165, 1.54) is 4.90 Å². The minimum atomic E-state index is -0.755. The number of nitrogens with one attached hydrogen (secondary N) is 1. The van der Waals surface area contributed by atoms with Crippen molar-refractivity contribution in [1.82, 2.24) is 10.2 Å². The molecule has 1 saturated heterocycles. The van der Waals surface area contributed by atoms with Gasteiger partial charge in [0, 0.05) is 18.0 Å². The Morgan fingerprint density at radius 2 is 1.83 bits per heavy atom. The molecule has 170 valence electrons. The van der Waals surface area contributed by atoms with E-state index in [1.54, 1.807) is 6.92 Å². The summed E-state index contributed by atoms with van der Waals surface area (Å²) in [6.07, 6.45) is 4.55. The van der Waals surface area contributed by atoms with Crippen molar-refractivity contribution in [2.45, 2.75) is 66.5 Å². The molecule has 7 heteroatoms. The normalized spacial score (nSPS) is 29.0. The zero-order valence-corrected chi connectivity index (χ0v) is 19.4. The number of hydrogen-bond donors (Lipinski definition) is 2. The molecule has 1 fully saturated rings. The number of rotatable bonds is 7. The van der Waals surface area contributed by atoms with Crippen LogP contribution in [0.1, 0.15) is 54.9 Å². The zero-order chi connectivity index (χ0) is 22.9. The highest BCUT2D eigenvalue weighted by atomic mass is 16.5. The summed E-state index contributed by atoms with van der Waals surface area (Å²) in [6, 6.07) is -0.755. The third kappa shape index (κ3) is 5.23. The first-order chi connectivity index (χ1) is 13.8. The van der Waals surface area contributed by atoms with Crippen LogP contribution in [-0.4, -0.2) is 59.1 Å². The maximum absolute atomic E-state index is 13.4. The lowest BCUT2D eigenvalue weighted by Crippen LogP contribution is -2.54. The number of carbonyl (C=O) groups is 3. The Balaban J connectivity index is 2.36. The fourth-order valence-electron chi connectivity index (χ4n) is 5.32. The van der Waals surface area contributed by atoms with Crippen LogP contribution < -0.4 is 5.32 Å². The molecule has 0 bridgehead atoms. The second-order valence-electron chi connectivity index (χ2n) is 10.4. The number of ether oxygens (including phenoxy) is 1. The molecule has 0 saturated carbocycles. The van der Waals surface area contributed by atoms with Crippen molar-refractivity contribution < 1.29 is 24.2 Å². The molecular formula is C23H38N2O5. The van der Waals surface area contributed by atoms with Crippen molar-refractivity contribution in [1.29, 1.82) is 0 Å². The fourth-order valence-corrected chi connectivity index (χ4v) is 5.32. The van der Waals surface area contributed by atoms with Crippen molar-refractivity contribution in [3.8, 4) is 0 Å². The average Bonchev–Trinajstić information content (AvgIpc) is 2.85. The van der Waals surface area contributed by atoms with Gasteiger partial charge in [0.05, 0.1) is 25.0 Å². The van der Waals surface area contributed by atoms with E-state index in [4.69, 9.17) is 4.74 Å². The minimum absolute atomic E-state index is 0.0186. The van der Waals surface area contributed by atoms with E-state index < -0.39 is 35.3 Å². The van der Waals surface area contributed by atoms with Crippen LogP contribution in [0, 0.1) is 29.1 Å². The van der Waals surface area contributed by atoms with Gasteiger partial charge in [-0.15, -0.1) is 0 Å². The van der Waals surface area contributed by atoms with Crippen LogP contribution in [0.4, 0.5) is 0 Å². The summed E-state index contributed by atoms with van der Waals surface area (Å²) < 4.78 is 5.24. The number of likely N-dealkylation sites (tertiary alicyclic amines) is 1. The predicted octanol–water partition coefficient (Wildman–Crippen LogP) is 2.14. The molecule has 7 nitrogen and oxygen atoms in total. The third-order valence-electron chi connectivity index (χ3n) is 5.88. The van der Waals surface area contributed by atoms with Crippen LogP contribution in [0.2, 0.25) is 0 Å². The average molecular weight is 423 g/mol. The lowest BCUT2D eigenvalue weighted by Gasteiger charge is -2.36. The van der Waals surface area contributed by atoms with E-state index in [-0.39, 0.29) is 42.9 Å².